The Morgan fingerprint density at radius 2 is 1.93 bits per heavy atom. The number of carbonyl (C=O) groups excluding carboxylic acids is 1. The highest BCUT2D eigenvalue weighted by molar-refractivity contribution is 7.13. The summed E-state index contributed by atoms with van der Waals surface area (Å²) in [5.74, 6) is 1.64. The Balaban J connectivity index is 1.38. The largest absolute Gasteiger partial charge is 0.486 e. The molecule has 1 atom stereocenters. The van der Waals surface area contributed by atoms with Crippen LogP contribution in [0.4, 0.5) is 0 Å². The molecule has 0 radical (unpaired) electrons. The maximum atomic E-state index is 13.4. The third-order valence-corrected chi connectivity index (χ3v) is 6.84. The van der Waals surface area contributed by atoms with Gasteiger partial charge in [0.25, 0.3) is 5.91 Å². The zero-order valence-electron chi connectivity index (χ0n) is 17.0. The van der Waals surface area contributed by atoms with Crippen LogP contribution >= 0.6 is 11.3 Å². The number of benzene rings is 2. The number of ether oxygens (including phenoxy) is 2. The molecule has 1 fully saturated rings. The van der Waals surface area contributed by atoms with Gasteiger partial charge < -0.3 is 14.4 Å². The minimum Gasteiger partial charge on any atom is -0.486 e. The third-order valence-electron chi connectivity index (χ3n) is 5.70. The molecule has 154 valence electrons. The molecule has 3 aromatic rings. The summed E-state index contributed by atoms with van der Waals surface area (Å²) in [6.07, 6.45) is 2.71. The van der Waals surface area contributed by atoms with Crippen molar-refractivity contribution in [3.8, 4) is 11.5 Å². The summed E-state index contributed by atoms with van der Waals surface area (Å²) in [5, 5.41) is 0.983. The number of amides is 1. The first-order valence-electron chi connectivity index (χ1n) is 10.4. The molecule has 0 spiro atoms. The van der Waals surface area contributed by atoms with Crippen LogP contribution in [-0.4, -0.2) is 35.5 Å². The number of likely N-dealkylation sites (tertiary alicyclic amines) is 1. The lowest BCUT2D eigenvalue weighted by Crippen LogP contribution is -2.30. The fourth-order valence-corrected chi connectivity index (χ4v) is 5.31. The van der Waals surface area contributed by atoms with Gasteiger partial charge >= 0.3 is 0 Å². The zero-order chi connectivity index (χ0) is 20.5. The lowest BCUT2D eigenvalue weighted by atomic mass is 10.0. The van der Waals surface area contributed by atoms with E-state index in [2.05, 4.69) is 23.2 Å². The molecule has 0 saturated carbocycles. The van der Waals surface area contributed by atoms with Gasteiger partial charge in [-0.2, -0.15) is 0 Å². The molecule has 1 aromatic heterocycles. The summed E-state index contributed by atoms with van der Waals surface area (Å²) in [5.41, 5.74) is 3.14. The SMILES string of the molecule is Cc1nc(Cc2ccccc2)sc1C(=O)N1CCCC1c1ccc2c(c1)OCCO2. The molecule has 2 aliphatic rings. The van der Waals surface area contributed by atoms with Crippen molar-refractivity contribution >= 4 is 17.2 Å². The average molecular weight is 421 g/mol. The van der Waals surface area contributed by atoms with E-state index in [0.29, 0.717) is 13.2 Å². The van der Waals surface area contributed by atoms with Gasteiger partial charge in [-0.15, -0.1) is 11.3 Å². The van der Waals surface area contributed by atoms with Crippen LogP contribution in [0, 0.1) is 6.92 Å². The van der Waals surface area contributed by atoms with Crippen molar-refractivity contribution in [2.75, 3.05) is 19.8 Å². The summed E-state index contributed by atoms with van der Waals surface area (Å²) in [6, 6.07) is 16.4. The van der Waals surface area contributed by atoms with E-state index >= 15 is 0 Å². The number of carbonyl (C=O) groups is 1. The van der Waals surface area contributed by atoms with Gasteiger partial charge in [-0.1, -0.05) is 36.4 Å². The van der Waals surface area contributed by atoms with E-state index < -0.39 is 0 Å². The Hall–Kier alpha value is -2.86. The minimum absolute atomic E-state index is 0.0624. The number of aromatic nitrogens is 1. The number of thiazole rings is 1. The molecule has 3 heterocycles. The van der Waals surface area contributed by atoms with Crippen LogP contribution in [-0.2, 0) is 6.42 Å². The van der Waals surface area contributed by atoms with E-state index in [1.54, 1.807) is 0 Å². The number of aryl methyl sites for hydroxylation is 1. The standard InChI is InChI=1S/C24H24N2O3S/c1-16-23(30-22(25-16)14-17-6-3-2-4-7-17)24(27)26-11-5-8-19(26)18-9-10-20-21(15-18)29-13-12-28-20/h2-4,6-7,9-10,15,19H,5,8,11-14H2,1H3. The van der Waals surface area contributed by atoms with E-state index in [0.717, 1.165) is 58.4 Å². The van der Waals surface area contributed by atoms with Crippen molar-refractivity contribution in [3.05, 3.63) is 75.2 Å². The Morgan fingerprint density at radius 1 is 1.13 bits per heavy atom. The highest BCUT2D eigenvalue weighted by atomic mass is 32.1. The number of hydrogen-bond donors (Lipinski definition) is 0. The van der Waals surface area contributed by atoms with Crippen LogP contribution in [0.3, 0.4) is 0 Å². The van der Waals surface area contributed by atoms with Crippen molar-refractivity contribution in [1.29, 1.82) is 0 Å². The van der Waals surface area contributed by atoms with Crippen LogP contribution in [0.15, 0.2) is 48.5 Å². The maximum Gasteiger partial charge on any atom is 0.266 e. The second kappa shape index (κ2) is 8.11. The quantitative estimate of drug-likeness (QED) is 0.609. The predicted molar refractivity (Wildman–Crippen MR) is 117 cm³/mol. The average Bonchev–Trinajstić information content (AvgIpc) is 3.40. The molecule has 1 unspecified atom stereocenters. The van der Waals surface area contributed by atoms with Gasteiger partial charge in [-0.05, 0) is 43.0 Å². The number of fused-ring (bicyclic) bond motifs is 1. The van der Waals surface area contributed by atoms with Crippen molar-refractivity contribution < 1.29 is 14.3 Å². The summed E-state index contributed by atoms with van der Waals surface area (Å²) < 4.78 is 11.4. The van der Waals surface area contributed by atoms with Crippen LogP contribution in [0.5, 0.6) is 11.5 Å². The number of rotatable bonds is 4. The second-order valence-electron chi connectivity index (χ2n) is 7.74. The summed E-state index contributed by atoms with van der Waals surface area (Å²) >= 11 is 1.52. The first-order valence-corrected chi connectivity index (χ1v) is 11.2. The Labute approximate surface area is 180 Å². The van der Waals surface area contributed by atoms with Gasteiger partial charge in [-0.25, -0.2) is 4.98 Å². The van der Waals surface area contributed by atoms with Crippen LogP contribution in [0.25, 0.3) is 0 Å². The normalized spacial score (nSPS) is 17.9. The van der Waals surface area contributed by atoms with E-state index in [4.69, 9.17) is 9.47 Å². The fraction of sp³-hybridized carbons (Fsp3) is 0.333. The molecule has 1 saturated heterocycles. The Morgan fingerprint density at radius 3 is 2.77 bits per heavy atom. The van der Waals surface area contributed by atoms with Gasteiger partial charge in [0.1, 0.15) is 18.1 Å². The molecular formula is C24H24N2O3S. The van der Waals surface area contributed by atoms with Crippen molar-refractivity contribution in [2.24, 2.45) is 0 Å². The molecular weight excluding hydrogens is 396 g/mol. The summed E-state index contributed by atoms with van der Waals surface area (Å²) in [4.78, 5) is 20.9. The minimum atomic E-state index is 0.0624. The Kier molecular flexibility index (Phi) is 5.17. The second-order valence-corrected chi connectivity index (χ2v) is 8.83. The van der Waals surface area contributed by atoms with Crippen LogP contribution in [0.1, 0.15) is 50.4 Å². The Bertz CT molecular complexity index is 1060. The first-order chi connectivity index (χ1) is 14.7. The lowest BCUT2D eigenvalue weighted by molar-refractivity contribution is 0.0739. The van der Waals surface area contributed by atoms with E-state index in [1.165, 1.54) is 16.9 Å². The molecule has 5 nitrogen and oxygen atoms in total. The smallest absolute Gasteiger partial charge is 0.266 e. The molecule has 6 heteroatoms. The molecule has 30 heavy (non-hydrogen) atoms. The topological polar surface area (TPSA) is 51.7 Å². The van der Waals surface area contributed by atoms with E-state index in [9.17, 15) is 4.79 Å². The zero-order valence-corrected chi connectivity index (χ0v) is 17.8. The van der Waals surface area contributed by atoms with Crippen molar-refractivity contribution in [3.63, 3.8) is 0 Å². The number of nitrogens with zero attached hydrogens (tertiary/aromatic N) is 2. The van der Waals surface area contributed by atoms with E-state index in [1.807, 2.05) is 42.2 Å². The molecule has 5 rings (SSSR count). The fourth-order valence-electron chi connectivity index (χ4n) is 4.25. The van der Waals surface area contributed by atoms with Crippen molar-refractivity contribution in [1.82, 2.24) is 9.88 Å². The van der Waals surface area contributed by atoms with Crippen LogP contribution in [0.2, 0.25) is 0 Å². The van der Waals surface area contributed by atoms with Gasteiger partial charge in [0.15, 0.2) is 11.5 Å². The molecule has 0 bridgehead atoms. The van der Waals surface area contributed by atoms with Gasteiger partial charge in [0, 0.05) is 13.0 Å². The van der Waals surface area contributed by atoms with E-state index in [-0.39, 0.29) is 11.9 Å². The third kappa shape index (κ3) is 3.67. The monoisotopic (exact) mass is 420 g/mol. The van der Waals surface area contributed by atoms with Gasteiger partial charge in [0.2, 0.25) is 0 Å². The van der Waals surface area contributed by atoms with Gasteiger partial charge in [0.05, 0.1) is 16.7 Å². The molecule has 2 aliphatic heterocycles. The lowest BCUT2D eigenvalue weighted by Gasteiger charge is -2.26. The summed E-state index contributed by atoms with van der Waals surface area (Å²) in [6.45, 7) is 3.85. The maximum absolute atomic E-state index is 13.4. The highest BCUT2D eigenvalue weighted by Gasteiger charge is 2.33. The molecule has 0 aliphatic carbocycles. The van der Waals surface area contributed by atoms with Crippen LogP contribution < -0.4 is 9.47 Å². The molecule has 0 N–H and O–H groups in total. The molecule has 1 amide bonds. The van der Waals surface area contributed by atoms with Crippen molar-refractivity contribution in [2.45, 2.75) is 32.2 Å². The summed E-state index contributed by atoms with van der Waals surface area (Å²) in [7, 11) is 0. The number of hydrogen-bond acceptors (Lipinski definition) is 5. The highest BCUT2D eigenvalue weighted by Crippen LogP contribution is 2.39. The molecule has 2 aromatic carbocycles. The van der Waals surface area contributed by atoms with Gasteiger partial charge in [-0.3, -0.25) is 4.79 Å². The first kappa shape index (κ1) is 19.1. The predicted octanol–water partition coefficient (Wildman–Crippen LogP) is 4.79.